The molecule has 4 aromatic rings. The SMILES string of the molecule is Cc1ccc(S(=O)(=O)n2ncc3cc(C[C@@H](CNC(=O)C[C@@H](c4ccccc4)C(C)C)N(C)C)ccc32)cc1. The molecule has 1 heterocycles. The van der Waals surface area contributed by atoms with Gasteiger partial charge < -0.3 is 10.2 Å². The average Bonchev–Trinajstić information content (AvgIpc) is 3.34. The van der Waals surface area contributed by atoms with Gasteiger partial charge in [0.05, 0.1) is 16.6 Å². The van der Waals surface area contributed by atoms with Crippen molar-refractivity contribution >= 4 is 26.8 Å². The van der Waals surface area contributed by atoms with Crippen molar-refractivity contribution in [2.45, 2.75) is 50.5 Å². The Morgan fingerprint density at radius 3 is 2.33 bits per heavy atom. The molecule has 0 bridgehead atoms. The van der Waals surface area contributed by atoms with E-state index >= 15 is 0 Å². The van der Waals surface area contributed by atoms with Crippen molar-refractivity contribution in [1.29, 1.82) is 0 Å². The number of hydrogen-bond acceptors (Lipinski definition) is 5. The van der Waals surface area contributed by atoms with Crippen LogP contribution in [0.15, 0.2) is 83.9 Å². The third-order valence-electron chi connectivity index (χ3n) is 7.32. The van der Waals surface area contributed by atoms with Crippen molar-refractivity contribution in [1.82, 2.24) is 19.4 Å². The first-order chi connectivity index (χ1) is 18.6. The van der Waals surface area contributed by atoms with Gasteiger partial charge in [0, 0.05) is 24.4 Å². The first-order valence-corrected chi connectivity index (χ1v) is 14.8. The number of benzene rings is 3. The highest BCUT2D eigenvalue weighted by Gasteiger charge is 2.22. The number of carbonyl (C=O) groups is 1. The van der Waals surface area contributed by atoms with Crippen LogP contribution in [-0.2, 0) is 21.2 Å². The van der Waals surface area contributed by atoms with Gasteiger partial charge >= 0.3 is 0 Å². The molecule has 0 fully saturated rings. The molecule has 0 aliphatic rings. The van der Waals surface area contributed by atoms with E-state index in [9.17, 15) is 13.2 Å². The Bertz CT molecular complexity index is 1510. The smallest absolute Gasteiger partial charge is 0.283 e. The number of carbonyl (C=O) groups excluding carboxylic acids is 1. The molecule has 0 radical (unpaired) electrons. The highest BCUT2D eigenvalue weighted by molar-refractivity contribution is 7.90. The van der Waals surface area contributed by atoms with Crippen molar-refractivity contribution in [2.75, 3.05) is 20.6 Å². The molecular formula is C31H38N4O3S. The van der Waals surface area contributed by atoms with Crippen molar-refractivity contribution in [3.05, 3.63) is 95.7 Å². The summed E-state index contributed by atoms with van der Waals surface area (Å²) in [5, 5.41) is 8.11. The van der Waals surface area contributed by atoms with Gasteiger partial charge in [-0.3, -0.25) is 4.79 Å². The van der Waals surface area contributed by atoms with Crippen LogP contribution in [0.25, 0.3) is 10.9 Å². The largest absolute Gasteiger partial charge is 0.355 e. The fraction of sp³-hybridized carbons (Fsp3) is 0.355. The molecule has 0 spiro atoms. The van der Waals surface area contributed by atoms with Gasteiger partial charge in [-0.25, -0.2) is 0 Å². The maximum absolute atomic E-state index is 13.2. The van der Waals surface area contributed by atoms with Crippen LogP contribution in [-0.4, -0.2) is 55.1 Å². The highest BCUT2D eigenvalue weighted by atomic mass is 32.2. The Hall–Kier alpha value is -3.49. The molecule has 0 aliphatic carbocycles. The number of nitrogens with one attached hydrogen (secondary N) is 1. The van der Waals surface area contributed by atoms with Gasteiger partial charge in [-0.05, 0) is 74.7 Å². The minimum atomic E-state index is -3.79. The molecule has 1 N–H and O–H groups in total. The third kappa shape index (κ3) is 6.75. The Morgan fingerprint density at radius 1 is 1.00 bits per heavy atom. The lowest BCUT2D eigenvalue weighted by atomic mass is 9.85. The van der Waals surface area contributed by atoms with E-state index in [1.807, 2.05) is 57.4 Å². The molecule has 0 saturated carbocycles. The second-order valence-electron chi connectivity index (χ2n) is 10.8. The average molecular weight is 547 g/mol. The van der Waals surface area contributed by atoms with Crippen molar-refractivity contribution < 1.29 is 13.2 Å². The zero-order valence-electron chi connectivity index (χ0n) is 23.3. The van der Waals surface area contributed by atoms with Crippen LogP contribution in [0.5, 0.6) is 0 Å². The standard InChI is InChI=1S/C31H38N4O3S/c1-22(2)29(25-9-7-6-8-10-25)19-31(36)32-21-27(34(4)5)18-24-13-16-30-26(17-24)20-33-35(30)39(37,38)28-14-11-23(3)12-15-28/h6-17,20,22,27,29H,18-19,21H2,1-5H3,(H,32,36)/t27-,29+/m0/s1. The van der Waals surface area contributed by atoms with Gasteiger partial charge in [0.25, 0.3) is 10.0 Å². The van der Waals surface area contributed by atoms with Gasteiger partial charge in [-0.2, -0.15) is 17.6 Å². The summed E-state index contributed by atoms with van der Waals surface area (Å²) in [4.78, 5) is 15.2. The molecule has 0 saturated heterocycles. The van der Waals surface area contributed by atoms with Gasteiger partial charge in [0.1, 0.15) is 0 Å². The first kappa shape index (κ1) is 28.5. The summed E-state index contributed by atoms with van der Waals surface area (Å²) in [5.41, 5.74) is 3.76. The van der Waals surface area contributed by atoms with Crippen LogP contribution in [0.4, 0.5) is 0 Å². The predicted molar refractivity (Wildman–Crippen MR) is 156 cm³/mol. The summed E-state index contributed by atoms with van der Waals surface area (Å²) in [6.45, 7) is 6.74. The van der Waals surface area contributed by atoms with Crippen LogP contribution in [0.1, 0.15) is 42.9 Å². The molecule has 2 atom stereocenters. The summed E-state index contributed by atoms with van der Waals surface area (Å²) in [5.74, 6) is 0.562. The third-order valence-corrected chi connectivity index (χ3v) is 8.93. The van der Waals surface area contributed by atoms with Crippen LogP contribution >= 0.6 is 0 Å². The molecule has 0 aliphatic heterocycles. The fourth-order valence-electron chi connectivity index (χ4n) is 4.84. The number of fused-ring (bicyclic) bond motifs is 1. The van der Waals surface area contributed by atoms with Gasteiger partial charge in [0.15, 0.2) is 0 Å². The van der Waals surface area contributed by atoms with Crippen LogP contribution in [0, 0.1) is 12.8 Å². The number of nitrogens with zero attached hydrogens (tertiary/aromatic N) is 3. The maximum atomic E-state index is 13.2. The van der Waals surface area contributed by atoms with Crippen molar-refractivity contribution in [3.8, 4) is 0 Å². The minimum Gasteiger partial charge on any atom is -0.355 e. The molecular weight excluding hydrogens is 508 g/mol. The van der Waals surface area contributed by atoms with Crippen LogP contribution in [0.2, 0.25) is 0 Å². The Labute approximate surface area is 231 Å². The zero-order valence-corrected chi connectivity index (χ0v) is 24.2. The lowest BCUT2D eigenvalue weighted by Crippen LogP contribution is -2.42. The topological polar surface area (TPSA) is 84.3 Å². The number of amides is 1. The summed E-state index contributed by atoms with van der Waals surface area (Å²) in [6, 6.07) is 22.8. The molecule has 1 amide bonds. The van der Waals surface area contributed by atoms with Crippen molar-refractivity contribution in [2.24, 2.45) is 5.92 Å². The molecule has 8 heteroatoms. The quantitative estimate of drug-likeness (QED) is 0.286. The second kappa shape index (κ2) is 12.1. The number of likely N-dealkylation sites (N-methyl/N-ethyl adjacent to an activating group) is 1. The molecule has 3 aromatic carbocycles. The second-order valence-corrected chi connectivity index (χ2v) is 12.6. The molecule has 39 heavy (non-hydrogen) atoms. The molecule has 4 rings (SSSR count). The lowest BCUT2D eigenvalue weighted by molar-refractivity contribution is -0.121. The monoisotopic (exact) mass is 546 g/mol. The number of aromatic nitrogens is 2. The summed E-state index contributed by atoms with van der Waals surface area (Å²) in [7, 11) is 0.212. The zero-order chi connectivity index (χ0) is 28.2. The molecule has 206 valence electrons. The summed E-state index contributed by atoms with van der Waals surface area (Å²) >= 11 is 0. The predicted octanol–water partition coefficient (Wildman–Crippen LogP) is 5.00. The maximum Gasteiger partial charge on any atom is 0.283 e. The molecule has 0 unspecified atom stereocenters. The highest BCUT2D eigenvalue weighted by Crippen LogP contribution is 2.28. The molecule has 1 aromatic heterocycles. The van der Waals surface area contributed by atoms with E-state index in [1.54, 1.807) is 30.5 Å². The first-order valence-electron chi connectivity index (χ1n) is 13.3. The minimum absolute atomic E-state index is 0.0439. The molecule has 7 nitrogen and oxygen atoms in total. The Balaban J connectivity index is 1.44. The van der Waals surface area contributed by atoms with Gasteiger partial charge in [-0.1, -0.05) is 67.9 Å². The summed E-state index contributed by atoms with van der Waals surface area (Å²) < 4.78 is 27.5. The van der Waals surface area contributed by atoms with E-state index in [1.165, 1.54) is 5.56 Å². The Kier molecular flexibility index (Phi) is 8.87. The van der Waals surface area contributed by atoms with Gasteiger partial charge in [-0.15, -0.1) is 0 Å². The summed E-state index contributed by atoms with van der Waals surface area (Å²) in [6.07, 6.45) is 2.74. The van der Waals surface area contributed by atoms with E-state index in [-0.39, 0.29) is 22.8 Å². The van der Waals surface area contributed by atoms with E-state index in [0.29, 0.717) is 30.8 Å². The van der Waals surface area contributed by atoms with E-state index < -0.39 is 10.0 Å². The van der Waals surface area contributed by atoms with Crippen molar-refractivity contribution in [3.63, 3.8) is 0 Å². The number of rotatable bonds is 11. The van der Waals surface area contributed by atoms with Crippen LogP contribution in [0.3, 0.4) is 0 Å². The Morgan fingerprint density at radius 2 is 1.69 bits per heavy atom. The number of hydrogen-bond donors (Lipinski definition) is 1. The number of aryl methyl sites for hydroxylation is 1. The van der Waals surface area contributed by atoms with E-state index in [2.05, 4.69) is 41.3 Å². The van der Waals surface area contributed by atoms with Crippen LogP contribution < -0.4 is 5.32 Å². The van der Waals surface area contributed by atoms with E-state index in [0.717, 1.165) is 20.6 Å². The lowest BCUT2D eigenvalue weighted by Gasteiger charge is -2.26. The van der Waals surface area contributed by atoms with E-state index in [4.69, 9.17) is 0 Å². The normalized spacial score (nSPS) is 13.6. The van der Waals surface area contributed by atoms with Gasteiger partial charge in [0.2, 0.25) is 5.91 Å². The fourth-order valence-corrected chi connectivity index (χ4v) is 6.11.